The van der Waals surface area contributed by atoms with Gasteiger partial charge in [0.1, 0.15) is 0 Å². The smallest absolute Gasteiger partial charge is 0.364 e. The molecule has 15 heavy (non-hydrogen) atoms. The van der Waals surface area contributed by atoms with Crippen molar-refractivity contribution in [1.82, 2.24) is 0 Å². The van der Waals surface area contributed by atoms with E-state index in [9.17, 15) is 26.3 Å². The summed E-state index contributed by atoms with van der Waals surface area (Å²) in [5, 5.41) is 8.70. The molecule has 0 amide bonds. The summed E-state index contributed by atoms with van der Waals surface area (Å²) in [6.45, 7) is 4.00. The van der Waals surface area contributed by atoms with Crippen LogP contribution >= 0.6 is 0 Å². The van der Waals surface area contributed by atoms with Crippen molar-refractivity contribution in [1.29, 1.82) is 0 Å². The average molecular weight is 238 g/mol. The first-order valence-electron chi connectivity index (χ1n) is 3.58. The Morgan fingerprint density at radius 2 is 1.47 bits per heavy atom. The number of hydrogen-bond donors (Lipinski definition) is 1. The van der Waals surface area contributed by atoms with Gasteiger partial charge in [-0.05, 0) is 12.5 Å². The molecule has 1 unspecified atom stereocenters. The number of ether oxygens (including phenoxy) is 1. The van der Waals surface area contributed by atoms with Gasteiger partial charge < -0.3 is 9.84 Å². The van der Waals surface area contributed by atoms with Gasteiger partial charge in [-0.25, -0.2) is 0 Å². The number of halogens is 6. The van der Waals surface area contributed by atoms with Crippen molar-refractivity contribution < 1.29 is 36.2 Å². The SMILES string of the molecule is C=C(C)C(O)OC(C(F)(F)F)C(F)(F)F. The molecule has 0 aromatic rings. The zero-order valence-corrected chi connectivity index (χ0v) is 7.49. The second kappa shape index (κ2) is 4.40. The molecule has 0 saturated heterocycles. The van der Waals surface area contributed by atoms with E-state index in [-0.39, 0.29) is 5.57 Å². The molecule has 0 aromatic carbocycles. The minimum atomic E-state index is -5.63. The second-order valence-electron chi connectivity index (χ2n) is 2.80. The van der Waals surface area contributed by atoms with E-state index in [0.29, 0.717) is 0 Å². The first-order chi connectivity index (χ1) is 6.46. The van der Waals surface area contributed by atoms with Crippen molar-refractivity contribution in [2.45, 2.75) is 31.7 Å². The van der Waals surface area contributed by atoms with Gasteiger partial charge in [0.05, 0.1) is 0 Å². The minimum Gasteiger partial charge on any atom is -0.364 e. The number of alkyl halides is 6. The van der Waals surface area contributed by atoms with Crippen LogP contribution in [-0.2, 0) is 4.74 Å². The van der Waals surface area contributed by atoms with Crippen LogP contribution in [0.4, 0.5) is 26.3 Å². The van der Waals surface area contributed by atoms with Crippen LogP contribution < -0.4 is 0 Å². The lowest BCUT2D eigenvalue weighted by molar-refractivity contribution is -0.343. The highest BCUT2D eigenvalue weighted by Crippen LogP contribution is 2.36. The largest absolute Gasteiger partial charge is 0.423 e. The summed E-state index contributed by atoms with van der Waals surface area (Å²) in [6, 6.07) is 0. The van der Waals surface area contributed by atoms with E-state index in [1.165, 1.54) is 0 Å². The van der Waals surface area contributed by atoms with Crippen LogP contribution in [0.2, 0.25) is 0 Å². The molecule has 8 heteroatoms. The Hall–Kier alpha value is -0.760. The van der Waals surface area contributed by atoms with Gasteiger partial charge in [0.15, 0.2) is 6.29 Å². The van der Waals surface area contributed by atoms with Crippen molar-refractivity contribution in [3.8, 4) is 0 Å². The summed E-state index contributed by atoms with van der Waals surface area (Å²) < 4.78 is 74.6. The normalized spacial score (nSPS) is 15.5. The lowest BCUT2D eigenvalue weighted by atomic mass is 10.3. The van der Waals surface area contributed by atoms with Crippen LogP contribution in [-0.4, -0.2) is 29.9 Å². The van der Waals surface area contributed by atoms with E-state index < -0.39 is 24.7 Å². The maximum Gasteiger partial charge on any atom is 0.423 e. The zero-order chi connectivity index (χ0) is 12.4. The topological polar surface area (TPSA) is 29.5 Å². The van der Waals surface area contributed by atoms with Gasteiger partial charge in [-0.3, -0.25) is 0 Å². The third-order valence-electron chi connectivity index (χ3n) is 1.28. The molecule has 0 spiro atoms. The summed E-state index contributed by atoms with van der Waals surface area (Å²) in [5.41, 5.74) is -0.353. The number of aliphatic hydroxyl groups is 1. The van der Waals surface area contributed by atoms with Gasteiger partial charge in [0, 0.05) is 0 Å². The predicted octanol–water partition coefficient (Wildman–Crippen LogP) is 2.39. The zero-order valence-electron chi connectivity index (χ0n) is 7.49. The molecule has 0 radical (unpaired) electrons. The molecule has 0 aliphatic carbocycles. The Morgan fingerprint density at radius 3 is 1.67 bits per heavy atom. The van der Waals surface area contributed by atoms with Crippen molar-refractivity contribution in [3.63, 3.8) is 0 Å². The standard InChI is InChI=1S/C7H8F6O2/c1-3(2)4(14)15-5(6(8,9)10)7(11,12)13/h4-5,14H,1H2,2H3. The molecule has 2 nitrogen and oxygen atoms in total. The fourth-order valence-corrected chi connectivity index (χ4v) is 0.585. The van der Waals surface area contributed by atoms with Crippen LogP contribution in [0.1, 0.15) is 6.92 Å². The molecule has 0 saturated carbocycles. The Balaban J connectivity index is 4.77. The average Bonchev–Trinajstić information content (AvgIpc) is 1.94. The van der Waals surface area contributed by atoms with Crippen LogP contribution in [0, 0.1) is 0 Å². The van der Waals surface area contributed by atoms with Crippen LogP contribution in [0.3, 0.4) is 0 Å². The van der Waals surface area contributed by atoms with E-state index >= 15 is 0 Å². The molecule has 0 aliphatic rings. The van der Waals surface area contributed by atoms with Crippen molar-refractivity contribution in [3.05, 3.63) is 12.2 Å². The lowest BCUT2D eigenvalue weighted by Crippen LogP contribution is -2.46. The first-order valence-corrected chi connectivity index (χ1v) is 3.58. The summed E-state index contributed by atoms with van der Waals surface area (Å²) >= 11 is 0. The van der Waals surface area contributed by atoms with Gasteiger partial charge in [0.2, 0.25) is 0 Å². The third-order valence-corrected chi connectivity index (χ3v) is 1.28. The lowest BCUT2D eigenvalue weighted by Gasteiger charge is -2.25. The highest BCUT2D eigenvalue weighted by Gasteiger charge is 2.58. The molecule has 0 bridgehead atoms. The molecule has 0 fully saturated rings. The highest BCUT2D eigenvalue weighted by atomic mass is 19.4. The highest BCUT2D eigenvalue weighted by molar-refractivity contribution is 4.93. The molecule has 90 valence electrons. The Morgan fingerprint density at radius 1 is 1.13 bits per heavy atom. The monoisotopic (exact) mass is 238 g/mol. The summed E-state index contributed by atoms with van der Waals surface area (Å²) in [5.74, 6) is 0. The van der Waals surface area contributed by atoms with Gasteiger partial charge in [0.25, 0.3) is 6.10 Å². The molecule has 0 heterocycles. The fourth-order valence-electron chi connectivity index (χ4n) is 0.585. The van der Waals surface area contributed by atoms with Gasteiger partial charge >= 0.3 is 12.4 Å². The van der Waals surface area contributed by atoms with E-state index in [2.05, 4.69) is 11.3 Å². The fraction of sp³-hybridized carbons (Fsp3) is 0.714. The van der Waals surface area contributed by atoms with E-state index in [4.69, 9.17) is 5.11 Å². The van der Waals surface area contributed by atoms with E-state index in [0.717, 1.165) is 6.92 Å². The Bertz CT molecular complexity index is 217. The van der Waals surface area contributed by atoms with Crippen LogP contribution in [0.25, 0.3) is 0 Å². The number of aliphatic hydroxyl groups excluding tert-OH is 1. The van der Waals surface area contributed by atoms with Crippen LogP contribution in [0.5, 0.6) is 0 Å². The minimum absolute atomic E-state index is 0.353. The Labute approximate surface area is 81.1 Å². The quantitative estimate of drug-likeness (QED) is 0.464. The second-order valence-corrected chi connectivity index (χ2v) is 2.80. The molecule has 1 N–H and O–H groups in total. The van der Waals surface area contributed by atoms with Crippen molar-refractivity contribution in [2.24, 2.45) is 0 Å². The molecule has 0 aliphatic heterocycles. The molecular formula is C7H8F6O2. The molecule has 1 atom stereocenters. The third kappa shape index (κ3) is 4.52. The van der Waals surface area contributed by atoms with E-state index in [1.54, 1.807) is 0 Å². The molecule has 0 rings (SSSR count). The van der Waals surface area contributed by atoms with Gasteiger partial charge in [-0.2, -0.15) is 26.3 Å². The molecule has 0 aromatic heterocycles. The van der Waals surface area contributed by atoms with Crippen molar-refractivity contribution in [2.75, 3.05) is 0 Å². The van der Waals surface area contributed by atoms with Gasteiger partial charge in [-0.1, -0.05) is 6.58 Å². The maximum absolute atomic E-state index is 11.9. The number of rotatable bonds is 3. The molecular weight excluding hydrogens is 230 g/mol. The summed E-state index contributed by atoms with van der Waals surface area (Å²) in [7, 11) is 0. The number of hydrogen-bond acceptors (Lipinski definition) is 2. The van der Waals surface area contributed by atoms with Crippen molar-refractivity contribution >= 4 is 0 Å². The van der Waals surface area contributed by atoms with Gasteiger partial charge in [-0.15, -0.1) is 0 Å². The first kappa shape index (κ1) is 14.2. The maximum atomic E-state index is 11.9. The Kier molecular flexibility index (Phi) is 4.17. The van der Waals surface area contributed by atoms with E-state index in [1.807, 2.05) is 0 Å². The summed E-state index contributed by atoms with van der Waals surface area (Å²) in [6.07, 6.45) is -17.6. The summed E-state index contributed by atoms with van der Waals surface area (Å²) in [4.78, 5) is 0. The van der Waals surface area contributed by atoms with Crippen LogP contribution in [0.15, 0.2) is 12.2 Å². The predicted molar refractivity (Wildman–Crippen MR) is 37.8 cm³/mol.